The number of hydrogen-bond donors (Lipinski definition) is 1. The highest BCUT2D eigenvalue weighted by Gasteiger charge is 2.03. The molecular formula is C14H13N3. The summed E-state index contributed by atoms with van der Waals surface area (Å²) < 4.78 is 0. The maximum absolute atomic E-state index is 8.74. The molecule has 2 rings (SSSR count). The fourth-order valence-electron chi connectivity index (χ4n) is 1.64. The third-order valence-electron chi connectivity index (χ3n) is 2.64. The van der Waals surface area contributed by atoms with Crippen molar-refractivity contribution in [2.75, 3.05) is 17.7 Å². The average molecular weight is 223 g/mol. The van der Waals surface area contributed by atoms with Gasteiger partial charge in [0.1, 0.15) is 0 Å². The Balaban J connectivity index is 2.30. The van der Waals surface area contributed by atoms with Crippen LogP contribution in [-0.4, -0.2) is 7.05 Å². The molecule has 2 aromatic rings. The minimum atomic E-state index is 0.662. The van der Waals surface area contributed by atoms with Crippen LogP contribution in [0.25, 0.3) is 0 Å². The van der Waals surface area contributed by atoms with Gasteiger partial charge in [0.2, 0.25) is 0 Å². The summed E-state index contributed by atoms with van der Waals surface area (Å²) in [7, 11) is 1.97. The Morgan fingerprint density at radius 3 is 2.35 bits per heavy atom. The number of hydrogen-bond acceptors (Lipinski definition) is 3. The van der Waals surface area contributed by atoms with Gasteiger partial charge >= 0.3 is 0 Å². The molecule has 0 aliphatic heterocycles. The van der Waals surface area contributed by atoms with Crippen molar-refractivity contribution in [3.63, 3.8) is 0 Å². The second-order valence-corrected chi connectivity index (χ2v) is 3.81. The second kappa shape index (κ2) is 4.58. The highest BCUT2D eigenvalue weighted by Crippen LogP contribution is 2.24. The maximum atomic E-state index is 8.74. The molecule has 0 unspecified atom stereocenters. The molecule has 0 saturated carbocycles. The van der Waals surface area contributed by atoms with Gasteiger partial charge in [-0.25, -0.2) is 0 Å². The van der Waals surface area contributed by atoms with Crippen LogP contribution in [0.5, 0.6) is 0 Å². The van der Waals surface area contributed by atoms with Crippen molar-refractivity contribution in [1.29, 1.82) is 5.26 Å². The highest BCUT2D eigenvalue weighted by molar-refractivity contribution is 5.66. The molecule has 2 N–H and O–H groups in total. The molecule has 17 heavy (non-hydrogen) atoms. The van der Waals surface area contributed by atoms with Crippen LogP contribution in [0, 0.1) is 11.3 Å². The molecule has 0 aromatic heterocycles. The lowest BCUT2D eigenvalue weighted by molar-refractivity contribution is 1.21. The van der Waals surface area contributed by atoms with Gasteiger partial charge in [0.25, 0.3) is 0 Å². The Morgan fingerprint density at radius 2 is 1.76 bits per heavy atom. The van der Waals surface area contributed by atoms with Gasteiger partial charge in [-0.15, -0.1) is 0 Å². The first-order chi connectivity index (χ1) is 8.20. The van der Waals surface area contributed by atoms with Crippen LogP contribution in [0.2, 0.25) is 0 Å². The Labute approximate surface area is 101 Å². The summed E-state index contributed by atoms with van der Waals surface area (Å²) in [5, 5.41) is 8.74. The first-order valence-electron chi connectivity index (χ1n) is 5.30. The van der Waals surface area contributed by atoms with E-state index in [0.717, 1.165) is 17.1 Å². The molecule has 0 fully saturated rings. The topological polar surface area (TPSA) is 53.0 Å². The Bertz CT molecular complexity index is 552. The lowest BCUT2D eigenvalue weighted by Gasteiger charge is -2.19. The maximum Gasteiger partial charge on any atom is 0.0991 e. The van der Waals surface area contributed by atoms with E-state index in [1.165, 1.54) is 0 Å². The third kappa shape index (κ3) is 2.37. The number of rotatable bonds is 2. The summed E-state index contributed by atoms with van der Waals surface area (Å²) in [6.07, 6.45) is 0. The van der Waals surface area contributed by atoms with Crippen molar-refractivity contribution >= 4 is 17.1 Å². The minimum absolute atomic E-state index is 0.662. The van der Waals surface area contributed by atoms with E-state index in [2.05, 4.69) is 6.07 Å². The number of nitriles is 1. The van der Waals surface area contributed by atoms with E-state index in [1.807, 2.05) is 48.3 Å². The molecule has 0 radical (unpaired) electrons. The molecular weight excluding hydrogens is 210 g/mol. The SMILES string of the molecule is CN(c1ccc(C#N)cc1)c1cccc(N)c1. The molecule has 0 bridgehead atoms. The number of nitrogens with zero attached hydrogens (tertiary/aromatic N) is 2. The summed E-state index contributed by atoms with van der Waals surface area (Å²) in [5.41, 5.74) is 9.20. The zero-order valence-corrected chi connectivity index (χ0v) is 9.59. The summed E-state index contributed by atoms with van der Waals surface area (Å²) in [4.78, 5) is 2.03. The van der Waals surface area contributed by atoms with Gasteiger partial charge in [-0.3, -0.25) is 0 Å². The average Bonchev–Trinajstić information content (AvgIpc) is 2.38. The largest absolute Gasteiger partial charge is 0.399 e. The van der Waals surface area contributed by atoms with Gasteiger partial charge in [0.15, 0.2) is 0 Å². The van der Waals surface area contributed by atoms with Crippen LogP contribution in [0.3, 0.4) is 0 Å². The molecule has 0 atom stereocenters. The minimum Gasteiger partial charge on any atom is -0.399 e. The zero-order valence-electron chi connectivity index (χ0n) is 9.59. The standard InChI is InChI=1S/C14H13N3/c1-17(14-4-2-3-12(16)9-14)13-7-5-11(10-15)6-8-13/h2-9H,16H2,1H3. The molecule has 0 heterocycles. The number of nitrogen functional groups attached to an aromatic ring is 1. The Kier molecular flexibility index (Phi) is 2.97. The summed E-state index contributed by atoms with van der Waals surface area (Å²) in [5.74, 6) is 0. The lowest BCUT2D eigenvalue weighted by atomic mass is 10.2. The molecule has 0 spiro atoms. The molecule has 3 heteroatoms. The normalized spacial score (nSPS) is 9.65. The van der Waals surface area contributed by atoms with Crippen LogP contribution in [0.1, 0.15) is 5.56 Å². The van der Waals surface area contributed by atoms with Crippen LogP contribution >= 0.6 is 0 Å². The first kappa shape index (κ1) is 11.0. The van der Waals surface area contributed by atoms with E-state index < -0.39 is 0 Å². The molecule has 0 amide bonds. The smallest absolute Gasteiger partial charge is 0.0991 e. The Hall–Kier alpha value is -2.47. The molecule has 0 saturated heterocycles. The van der Waals surface area contributed by atoms with E-state index in [4.69, 9.17) is 11.0 Å². The van der Waals surface area contributed by atoms with Gasteiger partial charge in [-0.05, 0) is 42.5 Å². The predicted octanol–water partition coefficient (Wildman–Crippen LogP) is 2.91. The van der Waals surface area contributed by atoms with E-state index in [-0.39, 0.29) is 0 Å². The third-order valence-corrected chi connectivity index (χ3v) is 2.64. The summed E-state index contributed by atoms with van der Waals surface area (Å²) >= 11 is 0. The Morgan fingerprint density at radius 1 is 1.06 bits per heavy atom. The molecule has 3 nitrogen and oxygen atoms in total. The van der Waals surface area contributed by atoms with Gasteiger partial charge in [0.05, 0.1) is 11.6 Å². The fraction of sp³-hybridized carbons (Fsp3) is 0.0714. The van der Waals surface area contributed by atoms with Crippen molar-refractivity contribution < 1.29 is 0 Å². The lowest BCUT2D eigenvalue weighted by Crippen LogP contribution is -2.09. The van der Waals surface area contributed by atoms with Gasteiger partial charge < -0.3 is 10.6 Å². The molecule has 2 aromatic carbocycles. The van der Waals surface area contributed by atoms with Crippen molar-refractivity contribution in [2.45, 2.75) is 0 Å². The van der Waals surface area contributed by atoms with E-state index in [0.29, 0.717) is 5.56 Å². The van der Waals surface area contributed by atoms with Gasteiger partial charge in [0, 0.05) is 24.1 Å². The van der Waals surface area contributed by atoms with E-state index in [1.54, 1.807) is 12.1 Å². The van der Waals surface area contributed by atoms with Crippen molar-refractivity contribution in [1.82, 2.24) is 0 Å². The second-order valence-electron chi connectivity index (χ2n) is 3.81. The predicted molar refractivity (Wildman–Crippen MR) is 70.1 cm³/mol. The van der Waals surface area contributed by atoms with Crippen LogP contribution in [-0.2, 0) is 0 Å². The van der Waals surface area contributed by atoms with Crippen molar-refractivity contribution in [3.05, 3.63) is 54.1 Å². The fourth-order valence-corrected chi connectivity index (χ4v) is 1.64. The number of anilines is 3. The van der Waals surface area contributed by atoms with Crippen LogP contribution in [0.15, 0.2) is 48.5 Å². The quantitative estimate of drug-likeness (QED) is 0.796. The van der Waals surface area contributed by atoms with Crippen molar-refractivity contribution in [2.24, 2.45) is 0 Å². The van der Waals surface area contributed by atoms with Crippen molar-refractivity contribution in [3.8, 4) is 6.07 Å². The molecule has 84 valence electrons. The molecule has 0 aliphatic rings. The highest BCUT2D eigenvalue weighted by atomic mass is 15.1. The number of benzene rings is 2. The summed E-state index contributed by atoms with van der Waals surface area (Å²) in [6.45, 7) is 0. The number of nitrogens with two attached hydrogens (primary N) is 1. The summed E-state index contributed by atoms with van der Waals surface area (Å²) in [6, 6.07) is 17.2. The van der Waals surface area contributed by atoms with E-state index >= 15 is 0 Å². The van der Waals surface area contributed by atoms with Crippen LogP contribution < -0.4 is 10.6 Å². The van der Waals surface area contributed by atoms with Gasteiger partial charge in [-0.2, -0.15) is 5.26 Å². The molecule has 0 aliphatic carbocycles. The van der Waals surface area contributed by atoms with Crippen LogP contribution in [0.4, 0.5) is 17.1 Å². The van der Waals surface area contributed by atoms with E-state index in [9.17, 15) is 0 Å². The zero-order chi connectivity index (χ0) is 12.3. The monoisotopic (exact) mass is 223 g/mol. The first-order valence-corrected chi connectivity index (χ1v) is 5.30. The van der Waals surface area contributed by atoms with Gasteiger partial charge in [-0.1, -0.05) is 6.07 Å².